The van der Waals surface area contributed by atoms with E-state index in [-0.39, 0.29) is 19.0 Å². The zero-order valence-corrected chi connectivity index (χ0v) is 16.2. The summed E-state index contributed by atoms with van der Waals surface area (Å²) in [5, 5.41) is 2.78. The zero-order chi connectivity index (χ0) is 20.9. The lowest BCUT2D eigenvalue weighted by Gasteiger charge is -2.15. The number of rotatable bonds is 7. The van der Waals surface area contributed by atoms with E-state index < -0.39 is 11.1 Å². The molecule has 0 saturated carbocycles. The maximum atomic E-state index is 12.8. The Morgan fingerprint density at radius 2 is 1.60 bits per heavy atom. The number of carbonyl (C=O) groups is 1. The fourth-order valence-corrected chi connectivity index (χ4v) is 3.41. The van der Waals surface area contributed by atoms with Crippen molar-refractivity contribution in [3.63, 3.8) is 0 Å². The van der Waals surface area contributed by atoms with Crippen molar-refractivity contribution in [2.24, 2.45) is 0 Å². The van der Waals surface area contributed by atoms with E-state index in [9.17, 15) is 14.4 Å². The lowest BCUT2D eigenvalue weighted by molar-refractivity contribution is -0.121. The molecule has 0 spiro atoms. The summed E-state index contributed by atoms with van der Waals surface area (Å²) in [6.45, 7) is 0.467. The number of hydrogen-bond acceptors (Lipinski definition) is 4. The Bertz CT molecular complexity index is 1270. The van der Waals surface area contributed by atoms with Crippen molar-refractivity contribution < 1.29 is 4.79 Å². The number of nitrogens with one attached hydrogen (secondary N) is 2. The highest BCUT2D eigenvalue weighted by atomic mass is 16.2. The molecule has 2 aromatic carbocycles. The summed E-state index contributed by atoms with van der Waals surface area (Å²) in [7, 11) is 0. The molecule has 30 heavy (non-hydrogen) atoms. The standard InChI is InChI=1S/C22H21N5O3/c28-20(24-11-10-17-12-23-15-25-17)14-27-19-9-5-4-8-18(19)26(21(29)22(27)30)13-16-6-2-1-3-7-16/h1-9,12,15H,10-11,13-14H2,(H,23,25)(H,24,28). The van der Waals surface area contributed by atoms with Gasteiger partial charge in [-0.15, -0.1) is 0 Å². The molecule has 0 saturated heterocycles. The van der Waals surface area contributed by atoms with E-state index >= 15 is 0 Å². The van der Waals surface area contributed by atoms with Gasteiger partial charge in [-0.1, -0.05) is 42.5 Å². The molecule has 8 heteroatoms. The smallest absolute Gasteiger partial charge is 0.317 e. The maximum absolute atomic E-state index is 12.8. The van der Waals surface area contributed by atoms with Crippen molar-refractivity contribution in [2.45, 2.75) is 19.5 Å². The van der Waals surface area contributed by atoms with Crippen LogP contribution in [0.1, 0.15) is 11.3 Å². The molecular formula is C22H21N5O3. The van der Waals surface area contributed by atoms with Crippen LogP contribution in [0.25, 0.3) is 11.0 Å². The Morgan fingerprint density at radius 3 is 2.30 bits per heavy atom. The van der Waals surface area contributed by atoms with Crippen LogP contribution in [0.15, 0.2) is 76.7 Å². The summed E-state index contributed by atoms with van der Waals surface area (Å²) in [5.74, 6) is -0.332. The van der Waals surface area contributed by atoms with Gasteiger partial charge in [0.15, 0.2) is 0 Å². The molecule has 2 aromatic heterocycles. The van der Waals surface area contributed by atoms with Gasteiger partial charge in [0.1, 0.15) is 6.54 Å². The molecule has 2 heterocycles. The van der Waals surface area contributed by atoms with Crippen molar-refractivity contribution in [3.05, 3.63) is 99.1 Å². The van der Waals surface area contributed by atoms with E-state index in [2.05, 4.69) is 15.3 Å². The molecule has 0 aliphatic rings. The van der Waals surface area contributed by atoms with Gasteiger partial charge < -0.3 is 10.3 Å². The first-order valence-corrected chi connectivity index (χ1v) is 9.64. The minimum Gasteiger partial charge on any atom is -0.354 e. The third kappa shape index (κ3) is 4.07. The number of amides is 1. The number of H-pyrrole nitrogens is 1. The Morgan fingerprint density at radius 1 is 0.933 bits per heavy atom. The minimum absolute atomic E-state index is 0.219. The van der Waals surface area contributed by atoms with Crippen molar-refractivity contribution in [2.75, 3.05) is 6.54 Å². The van der Waals surface area contributed by atoms with Crippen LogP contribution in [0.3, 0.4) is 0 Å². The second kappa shape index (κ2) is 8.60. The average Bonchev–Trinajstić information content (AvgIpc) is 3.28. The molecule has 8 nitrogen and oxygen atoms in total. The molecule has 0 radical (unpaired) electrons. The van der Waals surface area contributed by atoms with Crippen molar-refractivity contribution >= 4 is 16.9 Å². The fourth-order valence-electron chi connectivity index (χ4n) is 3.41. The fraction of sp³-hybridized carbons (Fsp3) is 0.182. The highest BCUT2D eigenvalue weighted by Crippen LogP contribution is 2.12. The Kier molecular flexibility index (Phi) is 5.56. The van der Waals surface area contributed by atoms with Crippen molar-refractivity contribution in [1.29, 1.82) is 0 Å². The van der Waals surface area contributed by atoms with E-state index in [4.69, 9.17) is 0 Å². The Hall–Kier alpha value is -3.94. The van der Waals surface area contributed by atoms with Crippen LogP contribution in [0.5, 0.6) is 0 Å². The maximum Gasteiger partial charge on any atom is 0.317 e. The van der Waals surface area contributed by atoms with Crippen LogP contribution < -0.4 is 16.4 Å². The van der Waals surface area contributed by atoms with E-state index in [0.717, 1.165) is 11.3 Å². The van der Waals surface area contributed by atoms with Gasteiger partial charge in [-0.25, -0.2) is 4.98 Å². The largest absolute Gasteiger partial charge is 0.354 e. The molecule has 1 amide bonds. The van der Waals surface area contributed by atoms with Crippen molar-refractivity contribution in [1.82, 2.24) is 24.4 Å². The molecule has 0 atom stereocenters. The molecule has 2 N–H and O–H groups in total. The Labute approximate surface area is 171 Å². The number of aromatic nitrogens is 4. The van der Waals surface area contributed by atoms with Crippen LogP contribution in [-0.2, 0) is 24.3 Å². The molecule has 0 unspecified atom stereocenters. The van der Waals surface area contributed by atoms with Crippen LogP contribution in [0.2, 0.25) is 0 Å². The lowest BCUT2D eigenvalue weighted by atomic mass is 10.2. The van der Waals surface area contributed by atoms with Crippen molar-refractivity contribution in [3.8, 4) is 0 Å². The number of hydrogen-bond donors (Lipinski definition) is 2. The number of benzene rings is 2. The molecule has 0 fully saturated rings. The molecule has 4 rings (SSSR count). The minimum atomic E-state index is -0.714. The van der Waals surface area contributed by atoms with E-state index in [1.807, 2.05) is 36.4 Å². The summed E-state index contributed by atoms with van der Waals surface area (Å²) >= 11 is 0. The molecule has 0 aliphatic heterocycles. The van der Waals surface area contributed by atoms with E-state index in [0.29, 0.717) is 24.0 Å². The summed E-state index contributed by atoms with van der Waals surface area (Å²) in [6.07, 6.45) is 3.86. The first-order chi connectivity index (χ1) is 14.6. The molecule has 4 aromatic rings. The van der Waals surface area contributed by atoms with Gasteiger partial charge in [0, 0.05) is 24.9 Å². The SMILES string of the molecule is O=C(Cn1c(=O)c(=O)n(Cc2ccccc2)c2ccccc21)NCCc1cnc[nH]1. The van der Waals surface area contributed by atoms with Crippen LogP contribution in [-0.4, -0.2) is 31.6 Å². The number of para-hydroxylation sites is 2. The van der Waals surface area contributed by atoms with E-state index in [1.54, 1.807) is 30.7 Å². The van der Waals surface area contributed by atoms with Gasteiger partial charge in [0.05, 0.1) is 23.9 Å². The molecule has 0 aliphatic carbocycles. The monoisotopic (exact) mass is 403 g/mol. The summed E-state index contributed by atoms with van der Waals surface area (Å²) in [5.41, 5.74) is 1.61. The third-order valence-corrected chi connectivity index (χ3v) is 4.89. The summed E-state index contributed by atoms with van der Waals surface area (Å²) < 4.78 is 2.70. The second-order valence-corrected chi connectivity index (χ2v) is 6.93. The normalized spacial score (nSPS) is 10.9. The number of carbonyl (C=O) groups excluding carboxylic acids is 1. The molecular weight excluding hydrogens is 382 g/mol. The third-order valence-electron chi connectivity index (χ3n) is 4.89. The van der Waals surface area contributed by atoms with Crippen LogP contribution in [0, 0.1) is 0 Å². The topological polar surface area (TPSA) is 102 Å². The lowest BCUT2D eigenvalue weighted by Crippen LogP contribution is -2.44. The highest BCUT2D eigenvalue weighted by molar-refractivity contribution is 5.80. The molecule has 152 valence electrons. The quantitative estimate of drug-likeness (QED) is 0.454. The molecule has 0 bridgehead atoms. The number of nitrogens with zero attached hydrogens (tertiary/aromatic N) is 3. The number of aromatic amines is 1. The first kappa shape index (κ1) is 19.4. The highest BCUT2D eigenvalue weighted by Gasteiger charge is 2.15. The van der Waals surface area contributed by atoms with Gasteiger partial charge in [0.25, 0.3) is 0 Å². The number of imidazole rings is 1. The van der Waals surface area contributed by atoms with Crippen LogP contribution >= 0.6 is 0 Å². The number of fused-ring (bicyclic) bond motifs is 1. The van der Waals surface area contributed by atoms with E-state index in [1.165, 1.54) is 9.13 Å². The first-order valence-electron chi connectivity index (χ1n) is 9.64. The van der Waals surface area contributed by atoms with Crippen LogP contribution in [0.4, 0.5) is 0 Å². The van der Waals surface area contributed by atoms with Gasteiger partial charge in [-0.3, -0.25) is 23.5 Å². The van der Waals surface area contributed by atoms with Gasteiger partial charge in [-0.2, -0.15) is 0 Å². The zero-order valence-electron chi connectivity index (χ0n) is 16.2. The van der Waals surface area contributed by atoms with Gasteiger partial charge in [-0.05, 0) is 17.7 Å². The Balaban J connectivity index is 1.62. The summed E-state index contributed by atoms with van der Waals surface area (Å²) in [4.78, 5) is 45.0. The summed E-state index contributed by atoms with van der Waals surface area (Å²) in [6, 6.07) is 16.6. The predicted octanol–water partition coefficient (Wildman–Crippen LogP) is 1.29. The second-order valence-electron chi connectivity index (χ2n) is 6.93. The van der Waals surface area contributed by atoms with Gasteiger partial charge >= 0.3 is 11.1 Å². The van der Waals surface area contributed by atoms with Gasteiger partial charge in [0.2, 0.25) is 5.91 Å². The predicted molar refractivity (Wildman–Crippen MR) is 113 cm³/mol. The average molecular weight is 403 g/mol.